The van der Waals surface area contributed by atoms with E-state index in [1.165, 1.54) is 18.5 Å². The first-order valence-electron chi connectivity index (χ1n) is 11.5. The van der Waals surface area contributed by atoms with E-state index in [4.69, 9.17) is 14.5 Å². The van der Waals surface area contributed by atoms with Crippen LogP contribution in [0.4, 0.5) is 5.69 Å². The van der Waals surface area contributed by atoms with E-state index in [1.54, 1.807) is 7.11 Å². The number of methoxy groups -OCH3 is 1. The summed E-state index contributed by atoms with van der Waals surface area (Å²) in [6, 6.07) is 15.3. The fourth-order valence-electron chi connectivity index (χ4n) is 4.64. The molecule has 1 saturated heterocycles. The third kappa shape index (κ3) is 4.38. The maximum atomic E-state index is 5.73. The highest BCUT2D eigenvalue weighted by molar-refractivity contribution is 5.92. The molecule has 0 radical (unpaired) electrons. The summed E-state index contributed by atoms with van der Waals surface area (Å²) in [6.07, 6.45) is 6.22. The maximum absolute atomic E-state index is 5.73. The largest absolute Gasteiger partial charge is 0.491 e. The van der Waals surface area contributed by atoms with Gasteiger partial charge in [0, 0.05) is 43.9 Å². The Morgan fingerprint density at radius 3 is 2.70 bits per heavy atom. The fourth-order valence-corrected chi connectivity index (χ4v) is 4.64. The van der Waals surface area contributed by atoms with Gasteiger partial charge in [-0.2, -0.15) is 0 Å². The average molecular weight is 446 g/mol. The molecule has 4 aromatic rings. The number of para-hydroxylation sites is 1. The monoisotopic (exact) mass is 445 g/mol. The summed E-state index contributed by atoms with van der Waals surface area (Å²) in [5.74, 6) is 0.784. The van der Waals surface area contributed by atoms with Gasteiger partial charge in [0.15, 0.2) is 0 Å². The highest BCUT2D eigenvalue weighted by Gasteiger charge is 2.22. The van der Waals surface area contributed by atoms with E-state index < -0.39 is 0 Å². The predicted octanol–water partition coefficient (Wildman–Crippen LogP) is 4.11. The van der Waals surface area contributed by atoms with Crippen LogP contribution in [0.3, 0.4) is 0 Å². The molecule has 1 aromatic carbocycles. The molecule has 1 fully saturated rings. The summed E-state index contributed by atoms with van der Waals surface area (Å²) >= 11 is 0. The number of aromatic nitrogens is 3. The van der Waals surface area contributed by atoms with Gasteiger partial charge in [0.2, 0.25) is 0 Å². The molecular weight excluding hydrogens is 414 g/mol. The number of hydrogen-bond donors (Lipinski definition) is 0. The quantitative estimate of drug-likeness (QED) is 0.399. The van der Waals surface area contributed by atoms with Gasteiger partial charge in [-0.25, -0.2) is 9.97 Å². The zero-order chi connectivity index (χ0) is 22.8. The number of fused-ring (bicyclic) bond motifs is 2. The number of pyridine rings is 2. The first-order chi connectivity index (χ1) is 16.1. The van der Waals surface area contributed by atoms with Gasteiger partial charge < -0.3 is 19.3 Å². The van der Waals surface area contributed by atoms with Crippen LogP contribution in [0, 0.1) is 0 Å². The van der Waals surface area contributed by atoms with Crippen LogP contribution in [-0.4, -0.2) is 72.8 Å². The van der Waals surface area contributed by atoms with E-state index in [1.807, 2.05) is 24.5 Å². The Hall–Kier alpha value is -3.16. The molecule has 5 rings (SSSR count). The molecular formula is C26H31N5O2. The number of ether oxygens (including phenoxy) is 2. The first kappa shape index (κ1) is 21.7. The molecule has 7 nitrogen and oxygen atoms in total. The van der Waals surface area contributed by atoms with Crippen LogP contribution >= 0.6 is 0 Å². The van der Waals surface area contributed by atoms with Crippen molar-refractivity contribution in [2.45, 2.75) is 18.9 Å². The predicted molar refractivity (Wildman–Crippen MR) is 132 cm³/mol. The lowest BCUT2D eigenvalue weighted by Gasteiger charge is -2.36. The van der Waals surface area contributed by atoms with E-state index >= 15 is 0 Å². The Kier molecular flexibility index (Phi) is 6.15. The molecule has 7 heteroatoms. The number of rotatable bonds is 7. The van der Waals surface area contributed by atoms with Crippen molar-refractivity contribution in [2.24, 2.45) is 0 Å². The topological polar surface area (TPSA) is 55.1 Å². The van der Waals surface area contributed by atoms with E-state index in [0.717, 1.165) is 46.8 Å². The summed E-state index contributed by atoms with van der Waals surface area (Å²) in [4.78, 5) is 14.5. The number of imidazole rings is 1. The normalized spacial score (nSPS) is 15.1. The molecule has 1 aliphatic heterocycles. The molecule has 3 aromatic heterocycles. The second kappa shape index (κ2) is 9.37. The number of piperidine rings is 1. The highest BCUT2D eigenvalue weighted by Crippen LogP contribution is 2.31. The lowest BCUT2D eigenvalue weighted by molar-refractivity contribution is 0.146. The van der Waals surface area contributed by atoms with Crippen LogP contribution in [0.5, 0.6) is 5.75 Å². The fraction of sp³-hybridized carbons (Fsp3) is 0.385. The lowest BCUT2D eigenvalue weighted by atomic mass is 10.0. The van der Waals surface area contributed by atoms with Gasteiger partial charge in [-0.05, 0) is 45.1 Å². The van der Waals surface area contributed by atoms with Crippen molar-refractivity contribution in [3.8, 4) is 17.1 Å². The zero-order valence-electron chi connectivity index (χ0n) is 19.6. The van der Waals surface area contributed by atoms with Crippen molar-refractivity contribution >= 4 is 22.2 Å². The summed E-state index contributed by atoms with van der Waals surface area (Å²) in [6.45, 7) is 3.17. The molecule has 0 unspecified atom stereocenters. The molecule has 172 valence electrons. The number of anilines is 1. The van der Waals surface area contributed by atoms with Crippen LogP contribution in [0.25, 0.3) is 27.9 Å². The Labute approximate surface area is 194 Å². The molecule has 0 atom stereocenters. The number of benzene rings is 1. The number of nitrogens with zero attached hydrogens (tertiary/aromatic N) is 5. The van der Waals surface area contributed by atoms with E-state index in [0.29, 0.717) is 19.3 Å². The van der Waals surface area contributed by atoms with Gasteiger partial charge in [0.1, 0.15) is 18.0 Å². The summed E-state index contributed by atoms with van der Waals surface area (Å²) in [5, 5.41) is 1.16. The Morgan fingerprint density at radius 1 is 1.06 bits per heavy atom. The Morgan fingerprint density at radius 2 is 1.91 bits per heavy atom. The van der Waals surface area contributed by atoms with Gasteiger partial charge in [-0.15, -0.1) is 0 Å². The zero-order valence-corrected chi connectivity index (χ0v) is 19.6. The van der Waals surface area contributed by atoms with Crippen LogP contribution in [0.15, 0.2) is 54.9 Å². The average Bonchev–Trinajstić information content (AvgIpc) is 3.27. The molecule has 1 aliphatic rings. The van der Waals surface area contributed by atoms with E-state index in [9.17, 15) is 0 Å². The minimum absolute atomic E-state index is 0.515. The van der Waals surface area contributed by atoms with Gasteiger partial charge in [-0.3, -0.25) is 4.40 Å². The molecule has 0 saturated carbocycles. The maximum Gasteiger partial charge on any atom is 0.140 e. The van der Waals surface area contributed by atoms with Gasteiger partial charge >= 0.3 is 0 Å². The van der Waals surface area contributed by atoms with Crippen molar-refractivity contribution in [3.63, 3.8) is 0 Å². The standard InChI is InChI=1S/C26H31N5O2/c1-29(2)20-9-12-30(13-10-20)23-6-4-5-19-7-8-22(28-26(19)23)24-18-27-25-17-21(11-14-31(24)25)33-16-15-32-3/h4-8,11,14,17-18,20H,9-10,12-13,15-16H2,1-3H3. The molecule has 0 N–H and O–H groups in total. The van der Waals surface area contributed by atoms with Crippen LogP contribution in [0.1, 0.15) is 12.8 Å². The molecule has 4 heterocycles. The van der Waals surface area contributed by atoms with Crippen molar-refractivity contribution < 1.29 is 9.47 Å². The summed E-state index contributed by atoms with van der Waals surface area (Å²) in [5.41, 5.74) is 4.98. The van der Waals surface area contributed by atoms with Gasteiger partial charge in [-0.1, -0.05) is 18.2 Å². The van der Waals surface area contributed by atoms with Gasteiger partial charge in [0.25, 0.3) is 0 Å². The molecule has 33 heavy (non-hydrogen) atoms. The minimum atomic E-state index is 0.515. The van der Waals surface area contributed by atoms with Crippen molar-refractivity contribution in [1.29, 1.82) is 0 Å². The Bertz CT molecular complexity index is 1240. The lowest BCUT2D eigenvalue weighted by Crippen LogP contribution is -2.42. The van der Waals surface area contributed by atoms with Crippen molar-refractivity contribution in [1.82, 2.24) is 19.3 Å². The third-order valence-corrected chi connectivity index (χ3v) is 6.54. The second-order valence-corrected chi connectivity index (χ2v) is 8.80. The van der Waals surface area contributed by atoms with Gasteiger partial charge in [0.05, 0.1) is 35.4 Å². The molecule has 0 amide bonds. The first-order valence-corrected chi connectivity index (χ1v) is 11.5. The minimum Gasteiger partial charge on any atom is -0.491 e. The Balaban J connectivity index is 1.46. The smallest absolute Gasteiger partial charge is 0.140 e. The molecule has 0 aliphatic carbocycles. The third-order valence-electron chi connectivity index (χ3n) is 6.54. The molecule has 0 spiro atoms. The SMILES string of the molecule is COCCOc1ccn2c(-c3ccc4cccc(N5CCC(N(C)C)CC5)c4n3)cnc2c1. The van der Waals surface area contributed by atoms with Crippen molar-refractivity contribution in [3.05, 3.63) is 54.9 Å². The van der Waals surface area contributed by atoms with E-state index in [-0.39, 0.29) is 0 Å². The van der Waals surface area contributed by atoms with Crippen molar-refractivity contribution in [2.75, 3.05) is 52.4 Å². The summed E-state index contributed by atoms with van der Waals surface area (Å²) < 4.78 is 12.8. The van der Waals surface area contributed by atoms with Crippen LogP contribution in [0.2, 0.25) is 0 Å². The van der Waals surface area contributed by atoms with Crippen LogP contribution < -0.4 is 9.64 Å². The summed E-state index contributed by atoms with van der Waals surface area (Å²) in [7, 11) is 6.02. The molecule has 0 bridgehead atoms. The second-order valence-electron chi connectivity index (χ2n) is 8.80. The van der Waals surface area contributed by atoms with E-state index in [2.05, 4.69) is 63.6 Å². The van der Waals surface area contributed by atoms with Crippen LogP contribution in [-0.2, 0) is 4.74 Å². The highest BCUT2D eigenvalue weighted by atomic mass is 16.5. The number of hydrogen-bond acceptors (Lipinski definition) is 6.